The second-order valence-electron chi connectivity index (χ2n) is 7.41. The number of H-pyrrole nitrogens is 1. The van der Waals surface area contributed by atoms with E-state index in [1.54, 1.807) is 18.2 Å². The monoisotopic (exact) mass is 467 g/mol. The maximum atomic E-state index is 13.9. The van der Waals surface area contributed by atoms with Crippen LogP contribution >= 0.6 is 15.9 Å². The van der Waals surface area contributed by atoms with Crippen LogP contribution in [-0.4, -0.2) is 27.3 Å². The Morgan fingerprint density at radius 3 is 2.97 bits per heavy atom. The van der Waals surface area contributed by atoms with E-state index in [1.165, 1.54) is 23.5 Å². The van der Waals surface area contributed by atoms with Crippen LogP contribution in [0.2, 0.25) is 0 Å². The number of carbonyl (C=O) groups excluding carboxylic acids is 1. The van der Waals surface area contributed by atoms with Gasteiger partial charge < -0.3 is 14.3 Å². The summed E-state index contributed by atoms with van der Waals surface area (Å²) in [6, 6.07) is 12.5. The molecule has 30 heavy (non-hydrogen) atoms. The van der Waals surface area contributed by atoms with Crippen molar-refractivity contribution in [1.29, 1.82) is 0 Å². The number of rotatable bonds is 4. The molecule has 0 atom stereocenters. The number of aromatic nitrogens is 2. The molecular formula is C23H19BrFN3O2. The Morgan fingerprint density at radius 1 is 1.23 bits per heavy atom. The number of para-hydroxylation sites is 1. The summed E-state index contributed by atoms with van der Waals surface area (Å²) in [6.45, 7) is 1.28. The number of halogens is 2. The summed E-state index contributed by atoms with van der Waals surface area (Å²) in [6.07, 6.45) is 3.00. The standard InChI is InChI=1S/C23H19BrFN3O2/c24-17-6-3-5-14-16-13-28(11-10-19(16)27-23(14)17)22(29)9-8-21-26-12-20(30-21)15-4-1-2-7-18(15)25/h1-7,12,27H,8-11,13H2. The topological polar surface area (TPSA) is 62.1 Å². The number of aromatic amines is 1. The molecule has 0 saturated carbocycles. The van der Waals surface area contributed by atoms with Crippen molar-refractivity contribution in [3.63, 3.8) is 0 Å². The van der Waals surface area contributed by atoms with E-state index >= 15 is 0 Å². The zero-order valence-corrected chi connectivity index (χ0v) is 17.7. The van der Waals surface area contributed by atoms with Gasteiger partial charge in [-0.1, -0.05) is 24.3 Å². The number of hydrogen-bond acceptors (Lipinski definition) is 3. The lowest BCUT2D eigenvalue weighted by atomic mass is 10.0. The van der Waals surface area contributed by atoms with Crippen molar-refractivity contribution in [2.24, 2.45) is 0 Å². The van der Waals surface area contributed by atoms with Gasteiger partial charge in [-0.05, 0) is 34.1 Å². The first kappa shape index (κ1) is 19.1. The van der Waals surface area contributed by atoms with E-state index in [1.807, 2.05) is 17.0 Å². The first-order chi connectivity index (χ1) is 14.6. The average molecular weight is 468 g/mol. The van der Waals surface area contributed by atoms with Crippen LogP contribution in [0.3, 0.4) is 0 Å². The molecule has 0 aliphatic carbocycles. The molecule has 3 heterocycles. The van der Waals surface area contributed by atoms with Crippen LogP contribution in [-0.2, 0) is 24.2 Å². The number of nitrogens with one attached hydrogen (secondary N) is 1. The maximum Gasteiger partial charge on any atom is 0.223 e. The van der Waals surface area contributed by atoms with Gasteiger partial charge in [-0.3, -0.25) is 4.79 Å². The van der Waals surface area contributed by atoms with Crippen LogP contribution < -0.4 is 0 Å². The minimum absolute atomic E-state index is 0.0654. The first-order valence-electron chi connectivity index (χ1n) is 9.85. The highest BCUT2D eigenvalue weighted by Crippen LogP contribution is 2.32. The van der Waals surface area contributed by atoms with E-state index in [4.69, 9.17) is 4.42 Å². The predicted octanol–water partition coefficient (Wildman–Crippen LogP) is 5.24. The number of oxazole rings is 1. The highest BCUT2D eigenvalue weighted by molar-refractivity contribution is 9.10. The van der Waals surface area contributed by atoms with Crippen LogP contribution in [0, 0.1) is 5.82 Å². The second kappa shape index (κ2) is 7.72. The van der Waals surface area contributed by atoms with Crippen molar-refractivity contribution in [3.8, 4) is 11.3 Å². The van der Waals surface area contributed by atoms with Gasteiger partial charge in [-0.25, -0.2) is 9.37 Å². The second-order valence-corrected chi connectivity index (χ2v) is 8.26. The number of aryl methyl sites for hydroxylation is 1. The van der Waals surface area contributed by atoms with E-state index < -0.39 is 0 Å². The molecule has 152 valence electrons. The molecular weight excluding hydrogens is 449 g/mol. The molecule has 0 bridgehead atoms. The lowest BCUT2D eigenvalue weighted by Crippen LogP contribution is -2.35. The third-order valence-electron chi connectivity index (χ3n) is 5.56. The number of nitrogens with zero attached hydrogens (tertiary/aromatic N) is 2. The smallest absolute Gasteiger partial charge is 0.223 e. The van der Waals surface area contributed by atoms with Gasteiger partial charge in [0.25, 0.3) is 0 Å². The highest BCUT2D eigenvalue weighted by Gasteiger charge is 2.24. The third kappa shape index (κ3) is 3.43. The van der Waals surface area contributed by atoms with E-state index in [0.717, 1.165) is 21.8 Å². The van der Waals surface area contributed by atoms with Crippen molar-refractivity contribution in [2.75, 3.05) is 6.54 Å². The molecule has 1 aliphatic heterocycles. The lowest BCUT2D eigenvalue weighted by molar-refractivity contribution is -0.132. The van der Waals surface area contributed by atoms with Crippen LogP contribution in [0.5, 0.6) is 0 Å². The van der Waals surface area contributed by atoms with Crippen LogP contribution in [0.15, 0.2) is 57.6 Å². The summed E-state index contributed by atoms with van der Waals surface area (Å²) in [7, 11) is 0. The molecule has 1 N–H and O–H groups in total. The van der Waals surface area contributed by atoms with Gasteiger partial charge in [0, 0.05) is 53.5 Å². The fourth-order valence-electron chi connectivity index (χ4n) is 4.00. The quantitative estimate of drug-likeness (QED) is 0.446. The van der Waals surface area contributed by atoms with Crippen LogP contribution in [0.25, 0.3) is 22.2 Å². The Morgan fingerprint density at radius 2 is 2.10 bits per heavy atom. The molecule has 5 nitrogen and oxygen atoms in total. The van der Waals surface area contributed by atoms with Crippen molar-refractivity contribution in [3.05, 3.63) is 76.1 Å². The van der Waals surface area contributed by atoms with E-state index in [-0.39, 0.29) is 11.7 Å². The van der Waals surface area contributed by atoms with Gasteiger partial charge in [-0.2, -0.15) is 0 Å². The normalized spacial score (nSPS) is 13.6. The summed E-state index contributed by atoms with van der Waals surface area (Å²) >= 11 is 3.59. The third-order valence-corrected chi connectivity index (χ3v) is 6.22. The Bertz CT molecular complexity index is 1250. The predicted molar refractivity (Wildman–Crippen MR) is 115 cm³/mol. The SMILES string of the molecule is O=C(CCc1ncc(-c2ccccc2F)o1)N1CCc2[nH]c3c(Br)cccc3c2C1. The number of hydrogen-bond donors (Lipinski definition) is 1. The van der Waals surface area contributed by atoms with E-state index in [9.17, 15) is 9.18 Å². The van der Waals surface area contributed by atoms with Crippen LogP contribution in [0.1, 0.15) is 23.6 Å². The van der Waals surface area contributed by atoms with Gasteiger partial charge in [-0.15, -0.1) is 0 Å². The van der Waals surface area contributed by atoms with Gasteiger partial charge >= 0.3 is 0 Å². The van der Waals surface area contributed by atoms with Gasteiger partial charge in [0.1, 0.15) is 5.82 Å². The minimum atomic E-state index is -0.356. The molecule has 5 rings (SSSR count). The highest BCUT2D eigenvalue weighted by atomic mass is 79.9. The number of fused-ring (bicyclic) bond motifs is 3. The summed E-state index contributed by atoms with van der Waals surface area (Å²) < 4.78 is 20.6. The Balaban J connectivity index is 1.27. The largest absolute Gasteiger partial charge is 0.441 e. The molecule has 0 spiro atoms. The van der Waals surface area contributed by atoms with Crippen molar-refractivity contribution in [2.45, 2.75) is 25.8 Å². The molecule has 0 saturated heterocycles. The number of amides is 1. The molecule has 0 fully saturated rings. The molecule has 4 aromatic rings. The minimum Gasteiger partial charge on any atom is -0.441 e. The number of carbonyl (C=O) groups is 1. The fraction of sp³-hybridized carbons (Fsp3) is 0.217. The van der Waals surface area contributed by atoms with Gasteiger partial charge in [0.05, 0.1) is 17.3 Å². The summed E-state index contributed by atoms with van der Waals surface area (Å²) in [5, 5.41) is 1.15. The van der Waals surface area contributed by atoms with Crippen molar-refractivity contribution < 1.29 is 13.6 Å². The Kier molecular flexibility index (Phi) is 4.90. The molecule has 2 aromatic heterocycles. The molecule has 0 unspecified atom stereocenters. The fourth-order valence-corrected chi connectivity index (χ4v) is 4.46. The maximum absolute atomic E-state index is 13.9. The zero-order valence-electron chi connectivity index (χ0n) is 16.1. The Labute approximate surface area is 181 Å². The Hall–Kier alpha value is -2.93. The zero-order chi connectivity index (χ0) is 20.7. The van der Waals surface area contributed by atoms with E-state index in [0.29, 0.717) is 43.1 Å². The van der Waals surface area contributed by atoms with Gasteiger partial charge in [0.15, 0.2) is 11.7 Å². The summed E-state index contributed by atoms with van der Waals surface area (Å²) in [5.41, 5.74) is 3.83. The van der Waals surface area contributed by atoms with Gasteiger partial charge in [0.2, 0.25) is 5.91 Å². The number of benzene rings is 2. The lowest BCUT2D eigenvalue weighted by Gasteiger charge is -2.27. The molecule has 7 heteroatoms. The summed E-state index contributed by atoms with van der Waals surface area (Å²) in [5.74, 6) is 0.527. The van der Waals surface area contributed by atoms with Crippen LogP contribution in [0.4, 0.5) is 4.39 Å². The molecule has 1 amide bonds. The molecule has 0 radical (unpaired) electrons. The summed E-state index contributed by atoms with van der Waals surface area (Å²) in [4.78, 5) is 22.4. The average Bonchev–Trinajstić information content (AvgIpc) is 3.37. The first-order valence-corrected chi connectivity index (χ1v) is 10.6. The molecule has 1 aliphatic rings. The molecule has 2 aromatic carbocycles. The van der Waals surface area contributed by atoms with Crippen molar-refractivity contribution in [1.82, 2.24) is 14.9 Å². The van der Waals surface area contributed by atoms with E-state index in [2.05, 4.69) is 32.0 Å². The van der Waals surface area contributed by atoms with Crippen molar-refractivity contribution >= 4 is 32.7 Å².